The zero-order valence-corrected chi connectivity index (χ0v) is 7.16. The predicted molar refractivity (Wildman–Crippen MR) is 50.2 cm³/mol. The van der Waals surface area contributed by atoms with Crippen molar-refractivity contribution in [2.75, 3.05) is 5.32 Å². The maximum absolute atomic E-state index is 11.0. The molecule has 0 aliphatic rings. The monoisotopic (exact) mass is 175 g/mol. The molecule has 0 heterocycles. The highest BCUT2D eigenvalue weighted by molar-refractivity contribution is 6.03. The van der Waals surface area contributed by atoms with Crippen LogP contribution in [0.5, 0.6) is 5.75 Å². The van der Waals surface area contributed by atoms with Gasteiger partial charge in [0.15, 0.2) is 0 Å². The minimum Gasteiger partial charge on any atom is -0.508 e. The highest BCUT2D eigenvalue weighted by atomic mass is 16.3. The third-order valence-corrected chi connectivity index (χ3v) is 1.34. The van der Waals surface area contributed by atoms with Crippen molar-refractivity contribution in [3.8, 4) is 17.6 Å². The number of phenolic OH excluding ortho intramolecular Hbond substituents is 1. The molecule has 0 unspecified atom stereocenters. The van der Waals surface area contributed by atoms with Crippen LogP contribution in [-0.2, 0) is 4.79 Å². The van der Waals surface area contributed by atoms with Crippen molar-refractivity contribution >= 4 is 11.6 Å². The van der Waals surface area contributed by atoms with Crippen molar-refractivity contribution in [2.24, 2.45) is 0 Å². The van der Waals surface area contributed by atoms with Crippen molar-refractivity contribution in [1.82, 2.24) is 0 Å². The topological polar surface area (TPSA) is 49.3 Å². The molecule has 1 amide bonds. The minimum absolute atomic E-state index is 0.113. The second-order valence-corrected chi connectivity index (χ2v) is 2.38. The normalized spacial score (nSPS) is 8.38. The van der Waals surface area contributed by atoms with E-state index in [0.717, 1.165) is 0 Å². The molecule has 0 saturated heterocycles. The smallest absolute Gasteiger partial charge is 0.300 e. The molecule has 0 atom stereocenters. The molecule has 3 heteroatoms. The third-order valence-electron chi connectivity index (χ3n) is 1.34. The first kappa shape index (κ1) is 9.14. The van der Waals surface area contributed by atoms with E-state index in [1.165, 1.54) is 12.1 Å². The maximum atomic E-state index is 11.0. The summed E-state index contributed by atoms with van der Waals surface area (Å²) in [6, 6.07) is 6.30. The lowest BCUT2D eigenvalue weighted by Gasteiger charge is -2.00. The molecule has 0 fully saturated rings. The Bertz CT molecular complexity index is 374. The maximum Gasteiger partial charge on any atom is 0.300 e. The van der Waals surface area contributed by atoms with Crippen molar-refractivity contribution in [3.63, 3.8) is 0 Å². The van der Waals surface area contributed by atoms with Crippen LogP contribution in [0.4, 0.5) is 5.69 Å². The van der Waals surface area contributed by atoms with E-state index in [1.54, 1.807) is 19.1 Å². The van der Waals surface area contributed by atoms with E-state index < -0.39 is 0 Å². The summed E-state index contributed by atoms with van der Waals surface area (Å²) in [5.41, 5.74) is 0.535. The average Bonchev–Trinajstić information content (AvgIpc) is 2.04. The van der Waals surface area contributed by atoms with Gasteiger partial charge in [-0.3, -0.25) is 4.79 Å². The number of phenols is 1. The Morgan fingerprint density at radius 3 is 2.92 bits per heavy atom. The fraction of sp³-hybridized carbons (Fsp3) is 0.100. The minimum atomic E-state index is -0.381. The number of aromatic hydroxyl groups is 1. The lowest BCUT2D eigenvalue weighted by atomic mass is 10.3. The van der Waals surface area contributed by atoms with E-state index in [0.29, 0.717) is 5.69 Å². The Hall–Kier alpha value is -1.95. The molecule has 1 aromatic rings. The average molecular weight is 175 g/mol. The second kappa shape index (κ2) is 4.17. The number of nitrogens with one attached hydrogen (secondary N) is 1. The molecular weight excluding hydrogens is 166 g/mol. The van der Waals surface area contributed by atoms with Crippen molar-refractivity contribution < 1.29 is 9.90 Å². The van der Waals surface area contributed by atoms with Gasteiger partial charge >= 0.3 is 0 Å². The van der Waals surface area contributed by atoms with Crippen LogP contribution in [0.2, 0.25) is 0 Å². The Labute approximate surface area is 76.4 Å². The number of benzene rings is 1. The van der Waals surface area contributed by atoms with Crippen LogP contribution in [0.15, 0.2) is 24.3 Å². The van der Waals surface area contributed by atoms with Crippen molar-refractivity contribution in [3.05, 3.63) is 24.3 Å². The van der Waals surface area contributed by atoms with Crippen LogP contribution < -0.4 is 5.32 Å². The number of carbonyl (C=O) groups is 1. The lowest BCUT2D eigenvalue weighted by Crippen LogP contribution is -2.07. The van der Waals surface area contributed by atoms with Crippen LogP contribution >= 0.6 is 0 Å². The molecule has 0 radical (unpaired) electrons. The molecule has 0 aliphatic heterocycles. The van der Waals surface area contributed by atoms with Crippen LogP contribution in [0.3, 0.4) is 0 Å². The zero-order valence-electron chi connectivity index (χ0n) is 7.16. The van der Waals surface area contributed by atoms with Crippen LogP contribution in [0, 0.1) is 11.8 Å². The molecule has 3 nitrogen and oxygen atoms in total. The number of amides is 1. The van der Waals surface area contributed by atoms with Gasteiger partial charge in [-0.15, -0.1) is 0 Å². The largest absolute Gasteiger partial charge is 0.508 e. The fourth-order valence-electron chi connectivity index (χ4n) is 0.860. The Morgan fingerprint density at radius 2 is 2.31 bits per heavy atom. The van der Waals surface area contributed by atoms with Gasteiger partial charge < -0.3 is 10.4 Å². The quantitative estimate of drug-likeness (QED) is 0.633. The van der Waals surface area contributed by atoms with Crippen LogP contribution in [0.25, 0.3) is 0 Å². The first-order chi connectivity index (χ1) is 6.22. The highest BCUT2D eigenvalue weighted by Crippen LogP contribution is 2.14. The molecule has 1 aromatic carbocycles. The van der Waals surface area contributed by atoms with Gasteiger partial charge in [0.25, 0.3) is 5.91 Å². The fourth-order valence-corrected chi connectivity index (χ4v) is 0.860. The van der Waals surface area contributed by atoms with E-state index in [4.69, 9.17) is 5.11 Å². The summed E-state index contributed by atoms with van der Waals surface area (Å²) in [5, 5.41) is 11.6. The van der Waals surface area contributed by atoms with E-state index >= 15 is 0 Å². The molecule has 0 aliphatic carbocycles. The van der Waals surface area contributed by atoms with Gasteiger partial charge in [0, 0.05) is 11.8 Å². The standard InChI is InChI=1S/C10H9NO2/c1-2-4-10(13)11-8-5-3-6-9(12)7-8/h3,5-7,12H,1H3,(H,11,13). The van der Waals surface area contributed by atoms with Gasteiger partial charge in [-0.2, -0.15) is 0 Å². The molecule has 0 aromatic heterocycles. The second-order valence-electron chi connectivity index (χ2n) is 2.38. The molecule has 1 rings (SSSR count). The van der Waals surface area contributed by atoms with Crippen molar-refractivity contribution in [2.45, 2.75) is 6.92 Å². The van der Waals surface area contributed by atoms with Gasteiger partial charge in [-0.1, -0.05) is 12.0 Å². The Kier molecular flexibility index (Phi) is 2.93. The van der Waals surface area contributed by atoms with E-state index in [1.807, 2.05) is 0 Å². The Morgan fingerprint density at radius 1 is 1.54 bits per heavy atom. The molecule has 66 valence electrons. The summed E-state index contributed by atoms with van der Waals surface area (Å²) in [5.74, 6) is 4.54. The zero-order chi connectivity index (χ0) is 9.68. The summed E-state index contributed by atoms with van der Waals surface area (Å²) < 4.78 is 0. The molecule has 13 heavy (non-hydrogen) atoms. The first-order valence-corrected chi connectivity index (χ1v) is 3.75. The van der Waals surface area contributed by atoms with Gasteiger partial charge in [0.1, 0.15) is 5.75 Å². The molecule has 0 saturated carbocycles. The van der Waals surface area contributed by atoms with Crippen molar-refractivity contribution in [1.29, 1.82) is 0 Å². The van der Waals surface area contributed by atoms with Crippen LogP contribution in [0.1, 0.15) is 6.92 Å². The number of hydrogen-bond donors (Lipinski definition) is 2. The SMILES string of the molecule is CC#CC(=O)Nc1cccc(O)c1. The summed E-state index contributed by atoms with van der Waals surface area (Å²) in [4.78, 5) is 11.0. The van der Waals surface area contributed by atoms with Gasteiger partial charge in [-0.05, 0) is 25.0 Å². The number of hydrogen-bond acceptors (Lipinski definition) is 2. The summed E-state index contributed by atoms with van der Waals surface area (Å²) in [6.45, 7) is 1.59. The van der Waals surface area contributed by atoms with Gasteiger partial charge in [0.05, 0.1) is 0 Å². The number of rotatable bonds is 1. The molecule has 0 spiro atoms. The molecule has 2 N–H and O–H groups in total. The lowest BCUT2D eigenvalue weighted by molar-refractivity contribution is -0.111. The summed E-state index contributed by atoms with van der Waals surface area (Å²) in [6.07, 6.45) is 0. The molecule has 0 bridgehead atoms. The van der Waals surface area contributed by atoms with Crippen LogP contribution in [-0.4, -0.2) is 11.0 Å². The van der Waals surface area contributed by atoms with E-state index in [9.17, 15) is 4.79 Å². The van der Waals surface area contributed by atoms with E-state index in [-0.39, 0.29) is 11.7 Å². The summed E-state index contributed by atoms with van der Waals surface area (Å²) in [7, 11) is 0. The van der Waals surface area contributed by atoms with Gasteiger partial charge in [0.2, 0.25) is 0 Å². The highest BCUT2D eigenvalue weighted by Gasteiger charge is 1.97. The molecular formula is C10H9NO2. The summed E-state index contributed by atoms with van der Waals surface area (Å²) >= 11 is 0. The van der Waals surface area contributed by atoms with Gasteiger partial charge in [-0.25, -0.2) is 0 Å². The Balaban J connectivity index is 2.73. The number of carbonyl (C=O) groups excluding carboxylic acids is 1. The number of anilines is 1. The first-order valence-electron chi connectivity index (χ1n) is 3.75. The third kappa shape index (κ3) is 2.88. The predicted octanol–water partition coefficient (Wildman–Crippen LogP) is 1.35. The van der Waals surface area contributed by atoms with E-state index in [2.05, 4.69) is 17.2 Å².